The van der Waals surface area contributed by atoms with Crippen LogP contribution in [0.5, 0.6) is 0 Å². The molecule has 1 aliphatic carbocycles. The van der Waals surface area contributed by atoms with Gasteiger partial charge in [0.2, 0.25) is 0 Å². The summed E-state index contributed by atoms with van der Waals surface area (Å²) < 4.78 is 0. The lowest BCUT2D eigenvalue weighted by Crippen LogP contribution is -2.23. The van der Waals surface area contributed by atoms with E-state index < -0.39 is 0 Å². The van der Waals surface area contributed by atoms with Crippen molar-refractivity contribution in [3.63, 3.8) is 0 Å². The van der Waals surface area contributed by atoms with E-state index in [4.69, 9.17) is 0 Å². The minimum Gasteiger partial charge on any atom is -0.312 e. The molecule has 0 spiro atoms. The molecule has 0 amide bonds. The second kappa shape index (κ2) is 6.25. The quantitative estimate of drug-likeness (QED) is 0.896. The van der Waals surface area contributed by atoms with Gasteiger partial charge in [-0.3, -0.25) is 0 Å². The molecule has 0 heterocycles. The first kappa shape index (κ1) is 14.7. The summed E-state index contributed by atoms with van der Waals surface area (Å²) >= 11 is 2.08. The van der Waals surface area contributed by atoms with Crippen molar-refractivity contribution in [2.75, 3.05) is 7.05 Å². The molecule has 3 rings (SSSR count). The van der Waals surface area contributed by atoms with E-state index in [0.29, 0.717) is 11.3 Å². The summed E-state index contributed by atoms with van der Waals surface area (Å²) in [6.07, 6.45) is 1.18. The lowest BCUT2D eigenvalue weighted by atomic mass is 10.1. The van der Waals surface area contributed by atoms with Crippen LogP contribution in [0.4, 0.5) is 0 Å². The molecule has 2 aromatic rings. The van der Waals surface area contributed by atoms with E-state index in [9.17, 15) is 0 Å². The maximum absolute atomic E-state index is 3.51. The number of thioether (sulfide) groups is 1. The first-order chi connectivity index (χ1) is 10.2. The topological polar surface area (TPSA) is 12.0 Å². The van der Waals surface area contributed by atoms with Crippen LogP contribution in [0.25, 0.3) is 0 Å². The van der Waals surface area contributed by atoms with Gasteiger partial charge in [0.1, 0.15) is 0 Å². The average Bonchev–Trinajstić information content (AvgIpc) is 2.81. The Labute approximate surface area is 132 Å². The Morgan fingerprint density at radius 3 is 2.52 bits per heavy atom. The molecule has 2 atom stereocenters. The smallest absolute Gasteiger partial charge is 0.0444 e. The van der Waals surface area contributed by atoms with E-state index >= 15 is 0 Å². The molecule has 0 fully saturated rings. The van der Waals surface area contributed by atoms with Crippen molar-refractivity contribution in [3.05, 3.63) is 70.3 Å². The summed E-state index contributed by atoms with van der Waals surface area (Å²) in [5.41, 5.74) is 7.17. The Balaban J connectivity index is 1.71. The fraction of sp³-hybridized carbons (Fsp3) is 0.368. The van der Waals surface area contributed by atoms with E-state index in [2.05, 4.69) is 80.4 Å². The molecule has 0 aliphatic heterocycles. The third kappa shape index (κ3) is 3.17. The molecule has 2 aromatic carbocycles. The summed E-state index contributed by atoms with van der Waals surface area (Å²) in [4.78, 5) is 0. The van der Waals surface area contributed by atoms with Gasteiger partial charge in [0.25, 0.3) is 0 Å². The highest BCUT2D eigenvalue weighted by molar-refractivity contribution is 7.99. The van der Waals surface area contributed by atoms with Gasteiger partial charge in [-0.05, 0) is 44.0 Å². The van der Waals surface area contributed by atoms with Crippen molar-refractivity contribution in [3.8, 4) is 0 Å². The summed E-state index contributed by atoms with van der Waals surface area (Å²) in [6, 6.07) is 16.2. The van der Waals surface area contributed by atoms with Crippen LogP contribution < -0.4 is 5.32 Å². The summed E-state index contributed by atoms with van der Waals surface area (Å²) in [5, 5.41) is 4.14. The van der Waals surface area contributed by atoms with Crippen molar-refractivity contribution in [1.82, 2.24) is 5.32 Å². The molecule has 2 heteroatoms. The molecular formula is C19H23NS. The van der Waals surface area contributed by atoms with Crippen LogP contribution in [-0.4, -0.2) is 12.3 Å². The molecule has 0 saturated heterocycles. The molecule has 0 radical (unpaired) electrons. The lowest BCUT2D eigenvalue weighted by molar-refractivity contribution is 0.603. The number of hydrogen-bond donors (Lipinski definition) is 1. The Morgan fingerprint density at radius 1 is 1.10 bits per heavy atom. The predicted molar refractivity (Wildman–Crippen MR) is 92.9 cm³/mol. The van der Waals surface area contributed by atoms with Crippen LogP contribution in [0.15, 0.2) is 42.5 Å². The van der Waals surface area contributed by atoms with Gasteiger partial charge in [-0.2, -0.15) is 11.8 Å². The highest BCUT2D eigenvalue weighted by Crippen LogP contribution is 2.39. The van der Waals surface area contributed by atoms with E-state index in [-0.39, 0.29) is 0 Å². The molecule has 0 saturated carbocycles. The third-order valence-corrected chi connectivity index (χ3v) is 5.61. The van der Waals surface area contributed by atoms with Gasteiger partial charge in [0.15, 0.2) is 0 Å². The van der Waals surface area contributed by atoms with Crippen molar-refractivity contribution >= 4 is 11.8 Å². The van der Waals surface area contributed by atoms with Gasteiger partial charge in [0, 0.05) is 17.0 Å². The first-order valence-electron chi connectivity index (χ1n) is 7.61. The molecule has 0 aromatic heterocycles. The van der Waals surface area contributed by atoms with E-state index in [1.165, 1.54) is 34.2 Å². The Morgan fingerprint density at radius 2 is 1.81 bits per heavy atom. The zero-order valence-electron chi connectivity index (χ0n) is 13.0. The Bertz CT molecular complexity index is 615. The first-order valence-corrected chi connectivity index (χ1v) is 8.66. The fourth-order valence-corrected chi connectivity index (χ4v) is 4.76. The lowest BCUT2D eigenvalue weighted by Gasteiger charge is -2.19. The summed E-state index contributed by atoms with van der Waals surface area (Å²) in [7, 11) is 2.08. The number of benzene rings is 2. The van der Waals surface area contributed by atoms with Gasteiger partial charge in [0.05, 0.1) is 0 Å². The molecule has 2 unspecified atom stereocenters. The zero-order valence-corrected chi connectivity index (χ0v) is 13.8. The normalized spacial score (nSPS) is 20.5. The maximum atomic E-state index is 3.51. The zero-order chi connectivity index (χ0) is 14.8. The molecular weight excluding hydrogens is 274 g/mol. The number of fused-ring (bicyclic) bond motifs is 1. The third-order valence-electron chi connectivity index (χ3n) is 4.24. The molecule has 1 nitrogen and oxygen atoms in total. The van der Waals surface area contributed by atoms with Crippen LogP contribution in [0.3, 0.4) is 0 Å². The molecule has 110 valence electrons. The minimum absolute atomic E-state index is 0.483. The van der Waals surface area contributed by atoms with Gasteiger partial charge in [-0.25, -0.2) is 0 Å². The van der Waals surface area contributed by atoms with Crippen LogP contribution in [0.1, 0.15) is 33.9 Å². The van der Waals surface area contributed by atoms with Crippen molar-refractivity contribution in [2.24, 2.45) is 0 Å². The second-order valence-electron chi connectivity index (χ2n) is 6.01. The van der Waals surface area contributed by atoms with Gasteiger partial charge in [-0.15, -0.1) is 0 Å². The van der Waals surface area contributed by atoms with Crippen LogP contribution >= 0.6 is 11.8 Å². The predicted octanol–water partition coefficient (Wildman–Crippen LogP) is 4.42. The Kier molecular flexibility index (Phi) is 4.37. The van der Waals surface area contributed by atoms with E-state index in [1.807, 2.05) is 0 Å². The number of aryl methyl sites for hydroxylation is 2. The van der Waals surface area contributed by atoms with Gasteiger partial charge >= 0.3 is 0 Å². The van der Waals surface area contributed by atoms with Crippen LogP contribution in [0.2, 0.25) is 0 Å². The van der Waals surface area contributed by atoms with E-state index in [0.717, 1.165) is 5.75 Å². The molecule has 1 N–H and O–H groups in total. The largest absolute Gasteiger partial charge is 0.312 e. The minimum atomic E-state index is 0.483. The van der Waals surface area contributed by atoms with Gasteiger partial charge in [-0.1, -0.05) is 53.6 Å². The van der Waals surface area contributed by atoms with Crippen LogP contribution in [0, 0.1) is 13.8 Å². The SMILES string of the molecule is CNC1c2ccccc2CC1SCc1cc(C)cc(C)c1. The van der Waals surface area contributed by atoms with Crippen molar-refractivity contribution in [1.29, 1.82) is 0 Å². The monoisotopic (exact) mass is 297 g/mol. The number of nitrogens with one attached hydrogen (secondary N) is 1. The second-order valence-corrected chi connectivity index (χ2v) is 7.24. The molecule has 21 heavy (non-hydrogen) atoms. The standard InChI is InChI=1S/C19H23NS/c1-13-8-14(2)10-15(9-13)12-21-18-11-16-6-4-5-7-17(16)19(18)20-3/h4-10,18-20H,11-12H2,1-3H3. The molecule has 0 bridgehead atoms. The van der Waals surface area contributed by atoms with E-state index in [1.54, 1.807) is 0 Å². The molecule has 1 aliphatic rings. The highest BCUT2D eigenvalue weighted by atomic mass is 32.2. The van der Waals surface area contributed by atoms with Crippen LogP contribution in [-0.2, 0) is 12.2 Å². The summed E-state index contributed by atoms with van der Waals surface area (Å²) in [5.74, 6) is 1.10. The fourth-order valence-electron chi connectivity index (χ4n) is 3.41. The maximum Gasteiger partial charge on any atom is 0.0444 e. The highest BCUT2D eigenvalue weighted by Gasteiger charge is 2.31. The van der Waals surface area contributed by atoms with Gasteiger partial charge < -0.3 is 5.32 Å². The number of rotatable bonds is 4. The number of hydrogen-bond acceptors (Lipinski definition) is 2. The van der Waals surface area contributed by atoms with Crippen molar-refractivity contribution < 1.29 is 0 Å². The Hall–Kier alpha value is -1.25. The van der Waals surface area contributed by atoms with Crippen molar-refractivity contribution in [2.45, 2.75) is 37.3 Å². The average molecular weight is 297 g/mol. The summed E-state index contributed by atoms with van der Waals surface area (Å²) in [6.45, 7) is 4.37.